The number of hydrogen-bond acceptors (Lipinski definition) is 7. The van der Waals surface area contributed by atoms with Crippen molar-refractivity contribution >= 4 is 34.0 Å². The summed E-state index contributed by atoms with van der Waals surface area (Å²) < 4.78 is 25.3. The van der Waals surface area contributed by atoms with E-state index in [2.05, 4.69) is 20.5 Å². The molecule has 1 fully saturated rings. The predicted molar refractivity (Wildman–Crippen MR) is 138 cm³/mol. The maximum Gasteiger partial charge on any atom is 0.263 e. The van der Waals surface area contributed by atoms with Crippen molar-refractivity contribution in [3.8, 4) is 11.5 Å². The number of halogens is 1. The molecule has 0 radical (unpaired) electrons. The second-order valence-corrected chi connectivity index (χ2v) is 9.57. The van der Waals surface area contributed by atoms with Crippen LogP contribution in [0.1, 0.15) is 47.7 Å². The summed E-state index contributed by atoms with van der Waals surface area (Å²) in [5.41, 5.74) is 2.56. The first-order chi connectivity index (χ1) is 17.2. The maximum absolute atomic E-state index is 14.2. The number of thiazole rings is 1. The largest absolute Gasteiger partial charge is 0.494 e. The number of aromatic nitrogens is 1. The fourth-order valence-electron chi connectivity index (χ4n) is 3.87. The Bertz CT molecular complexity index is 1240. The average Bonchev–Trinajstić information content (AvgIpc) is 3.16. The molecule has 0 spiro atoms. The van der Waals surface area contributed by atoms with Gasteiger partial charge in [0.1, 0.15) is 16.7 Å². The molecule has 8 nitrogen and oxygen atoms in total. The van der Waals surface area contributed by atoms with Gasteiger partial charge < -0.3 is 25.0 Å². The molecule has 0 bridgehead atoms. The van der Waals surface area contributed by atoms with Crippen LogP contribution in [0.25, 0.3) is 0 Å². The van der Waals surface area contributed by atoms with E-state index >= 15 is 0 Å². The van der Waals surface area contributed by atoms with Crippen molar-refractivity contribution < 1.29 is 23.5 Å². The summed E-state index contributed by atoms with van der Waals surface area (Å²) in [6, 6.07) is 12.4. The average molecular weight is 513 g/mol. The zero-order valence-electron chi connectivity index (χ0n) is 20.6. The molecule has 2 amide bonds. The number of carbonyl (C=O) groups is 2. The molecule has 1 saturated heterocycles. The Morgan fingerprint density at radius 1 is 1.22 bits per heavy atom. The van der Waals surface area contributed by atoms with Gasteiger partial charge >= 0.3 is 0 Å². The summed E-state index contributed by atoms with van der Waals surface area (Å²) in [7, 11) is 0. The van der Waals surface area contributed by atoms with Crippen LogP contribution in [-0.2, 0) is 4.79 Å². The lowest BCUT2D eigenvalue weighted by Gasteiger charge is -2.40. The fourth-order valence-corrected chi connectivity index (χ4v) is 4.78. The van der Waals surface area contributed by atoms with Gasteiger partial charge in [-0.3, -0.25) is 9.59 Å². The zero-order valence-corrected chi connectivity index (χ0v) is 21.4. The van der Waals surface area contributed by atoms with Gasteiger partial charge in [-0.2, -0.15) is 0 Å². The van der Waals surface area contributed by atoms with E-state index in [-0.39, 0.29) is 29.7 Å². The molecule has 1 aromatic heterocycles. The molecule has 2 aromatic carbocycles. The molecule has 190 valence electrons. The number of amides is 2. The molecule has 2 N–H and O–H groups in total. The van der Waals surface area contributed by atoms with Crippen LogP contribution in [-0.4, -0.2) is 42.6 Å². The standard InChI is InChI=1S/C26H29FN4O4S/c1-5-34-20-10-11-23(22(27)12-20)35-21-13-31(14-21)19-8-6-18(7-9-19)15(2)28-25(33)24-16(3)29-26(36-24)30-17(4)32/h6-12,15,21H,5,13-14H2,1-4H3,(H,28,33)(H,29,30,32). The van der Waals surface area contributed by atoms with Crippen LogP contribution in [0.5, 0.6) is 11.5 Å². The summed E-state index contributed by atoms with van der Waals surface area (Å²) in [5.74, 6) is -0.182. The Labute approximate surface area is 213 Å². The molecular formula is C26H29FN4O4S. The van der Waals surface area contributed by atoms with E-state index < -0.39 is 5.82 Å². The number of aryl methyl sites for hydroxylation is 1. The number of nitrogens with one attached hydrogen (secondary N) is 2. The maximum atomic E-state index is 14.2. The Hall–Kier alpha value is -3.66. The quantitative estimate of drug-likeness (QED) is 0.432. The van der Waals surface area contributed by atoms with Crippen molar-refractivity contribution in [2.24, 2.45) is 0 Å². The van der Waals surface area contributed by atoms with E-state index in [0.29, 0.717) is 41.1 Å². The minimum atomic E-state index is -0.431. The number of carbonyl (C=O) groups excluding carboxylic acids is 2. The summed E-state index contributed by atoms with van der Waals surface area (Å²) >= 11 is 1.15. The van der Waals surface area contributed by atoms with E-state index in [1.54, 1.807) is 19.1 Å². The predicted octanol–water partition coefficient (Wildman–Crippen LogP) is 4.71. The van der Waals surface area contributed by atoms with Gasteiger partial charge in [0, 0.05) is 18.7 Å². The van der Waals surface area contributed by atoms with Gasteiger partial charge in [0.15, 0.2) is 16.7 Å². The van der Waals surface area contributed by atoms with Crippen LogP contribution in [0.15, 0.2) is 42.5 Å². The van der Waals surface area contributed by atoms with E-state index in [9.17, 15) is 14.0 Å². The monoisotopic (exact) mass is 512 g/mol. The molecule has 36 heavy (non-hydrogen) atoms. The number of nitrogens with zero attached hydrogens (tertiary/aromatic N) is 2. The second-order valence-electron chi connectivity index (χ2n) is 8.57. The first-order valence-corrected chi connectivity index (χ1v) is 12.5. The van der Waals surface area contributed by atoms with E-state index in [4.69, 9.17) is 9.47 Å². The summed E-state index contributed by atoms with van der Waals surface area (Å²) in [6.07, 6.45) is -0.0969. The van der Waals surface area contributed by atoms with Gasteiger partial charge in [0.05, 0.1) is 31.4 Å². The minimum Gasteiger partial charge on any atom is -0.494 e. The SMILES string of the molecule is CCOc1ccc(OC2CN(c3ccc(C(C)NC(=O)c4sc(NC(C)=O)nc4C)cc3)C2)c(F)c1. The molecule has 1 unspecified atom stereocenters. The number of rotatable bonds is 9. The van der Waals surface area contributed by atoms with Crippen molar-refractivity contribution in [3.63, 3.8) is 0 Å². The van der Waals surface area contributed by atoms with Gasteiger partial charge in [-0.1, -0.05) is 23.5 Å². The van der Waals surface area contributed by atoms with Crippen LogP contribution in [0.2, 0.25) is 0 Å². The lowest BCUT2D eigenvalue weighted by molar-refractivity contribution is -0.114. The Morgan fingerprint density at radius 2 is 1.94 bits per heavy atom. The highest BCUT2D eigenvalue weighted by Gasteiger charge is 2.29. The van der Waals surface area contributed by atoms with Crippen LogP contribution < -0.4 is 25.0 Å². The number of ether oxygens (including phenoxy) is 2. The van der Waals surface area contributed by atoms with Crippen LogP contribution >= 0.6 is 11.3 Å². The molecule has 1 aliphatic heterocycles. The lowest BCUT2D eigenvalue weighted by Crippen LogP contribution is -2.54. The molecule has 2 heterocycles. The highest BCUT2D eigenvalue weighted by Crippen LogP contribution is 2.29. The smallest absolute Gasteiger partial charge is 0.263 e. The Balaban J connectivity index is 1.29. The third-order valence-electron chi connectivity index (χ3n) is 5.75. The summed E-state index contributed by atoms with van der Waals surface area (Å²) in [6.45, 7) is 8.69. The van der Waals surface area contributed by atoms with Crippen molar-refractivity contribution in [3.05, 3.63) is 64.4 Å². The highest BCUT2D eigenvalue weighted by atomic mass is 32.1. The van der Waals surface area contributed by atoms with Gasteiger partial charge in [-0.25, -0.2) is 9.37 Å². The van der Waals surface area contributed by atoms with Crippen molar-refractivity contribution in [1.82, 2.24) is 10.3 Å². The van der Waals surface area contributed by atoms with Gasteiger partial charge in [0.2, 0.25) is 5.91 Å². The minimum absolute atomic E-state index is 0.0969. The summed E-state index contributed by atoms with van der Waals surface area (Å²) in [5, 5.41) is 6.01. The molecule has 4 rings (SSSR count). The van der Waals surface area contributed by atoms with Crippen LogP contribution in [0.4, 0.5) is 15.2 Å². The molecular weight excluding hydrogens is 483 g/mol. The zero-order chi connectivity index (χ0) is 25.8. The molecule has 10 heteroatoms. The van der Waals surface area contributed by atoms with E-state index in [1.807, 2.05) is 38.1 Å². The lowest BCUT2D eigenvalue weighted by atomic mass is 10.1. The number of benzene rings is 2. The Morgan fingerprint density at radius 3 is 2.58 bits per heavy atom. The molecule has 1 atom stereocenters. The number of hydrogen-bond donors (Lipinski definition) is 2. The van der Waals surface area contributed by atoms with E-state index in [0.717, 1.165) is 22.6 Å². The third-order valence-corrected chi connectivity index (χ3v) is 6.82. The number of anilines is 2. The van der Waals surface area contributed by atoms with Gasteiger partial charge in [0.25, 0.3) is 5.91 Å². The van der Waals surface area contributed by atoms with Crippen LogP contribution in [0.3, 0.4) is 0 Å². The third kappa shape index (κ3) is 5.93. The molecule has 3 aromatic rings. The van der Waals surface area contributed by atoms with Gasteiger partial charge in [-0.05, 0) is 50.6 Å². The molecule has 1 aliphatic rings. The highest BCUT2D eigenvalue weighted by molar-refractivity contribution is 7.17. The molecule has 0 saturated carbocycles. The van der Waals surface area contributed by atoms with Gasteiger partial charge in [-0.15, -0.1) is 0 Å². The topological polar surface area (TPSA) is 92.8 Å². The molecule has 0 aliphatic carbocycles. The first-order valence-electron chi connectivity index (χ1n) is 11.7. The normalized spacial score (nSPS) is 14.1. The second kappa shape index (κ2) is 10.9. The van der Waals surface area contributed by atoms with Crippen molar-refractivity contribution in [2.45, 2.75) is 39.8 Å². The van der Waals surface area contributed by atoms with Crippen LogP contribution in [0, 0.1) is 12.7 Å². The first kappa shape index (κ1) is 25.4. The summed E-state index contributed by atoms with van der Waals surface area (Å²) in [4.78, 5) is 30.8. The van der Waals surface area contributed by atoms with Crippen molar-refractivity contribution in [2.75, 3.05) is 29.9 Å². The Kier molecular flexibility index (Phi) is 7.73. The van der Waals surface area contributed by atoms with E-state index in [1.165, 1.54) is 13.0 Å². The van der Waals surface area contributed by atoms with Crippen molar-refractivity contribution in [1.29, 1.82) is 0 Å². The fraction of sp³-hybridized carbons (Fsp3) is 0.346.